The van der Waals surface area contributed by atoms with E-state index >= 15 is 0 Å². The fraction of sp³-hybridized carbons (Fsp3) is 0. The van der Waals surface area contributed by atoms with E-state index in [2.05, 4.69) is 72.8 Å². The molecule has 9 rings (SSSR count). The molecule has 0 atom stereocenters. The SMILES string of the molecule is [2H]c1c2ccccc2c(-c2cccc3c2oc2cccc(-c4c5ccccc5c([2H])c5ccccc45)c23)c2ccccc12. The lowest BCUT2D eigenvalue weighted by Crippen LogP contribution is -1.87. The zero-order chi connectivity index (χ0) is 28.7. The van der Waals surface area contributed by atoms with Gasteiger partial charge in [0.25, 0.3) is 0 Å². The predicted molar refractivity (Wildman–Crippen MR) is 175 cm³/mol. The second-order valence-corrected chi connectivity index (χ2v) is 10.6. The van der Waals surface area contributed by atoms with Crippen molar-refractivity contribution in [3.63, 3.8) is 0 Å². The van der Waals surface area contributed by atoms with Crippen LogP contribution in [-0.2, 0) is 0 Å². The van der Waals surface area contributed by atoms with Gasteiger partial charge in [0.05, 0.1) is 2.74 Å². The van der Waals surface area contributed by atoms with E-state index in [1.54, 1.807) is 0 Å². The minimum Gasteiger partial charge on any atom is -0.455 e. The number of hydrogen-bond donors (Lipinski definition) is 0. The van der Waals surface area contributed by atoms with Crippen LogP contribution in [0.4, 0.5) is 0 Å². The van der Waals surface area contributed by atoms with Crippen molar-refractivity contribution in [3.05, 3.63) is 146 Å². The molecule has 41 heavy (non-hydrogen) atoms. The first kappa shape index (κ1) is 20.5. The molecule has 0 unspecified atom stereocenters. The summed E-state index contributed by atoms with van der Waals surface area (Å²) in [7, 11) is 0. The molecule has 0 saturated carbocycles. The lowest BCUT2D eigenvalue weighted by atomic mass is 9.89. The van der Waals surface area contributed by atoms with Gasteiger partial charge in [0.2, 0.25) is 0 Å². The largest absolute Gasteiger partial charge is 0.455 e. The van der Waals surface area contributed by atoms with Crippen molar-refractivity contribution in [2.75, 3.05) is 0 Å². The number of fused-ring (bicyclic) bond motifs is 7. The van der Waals surface area contributed by atoms with Gasteiger partial charge in [-0.05, 0) is 72.4 Å². The second-order valence-electron chi connectivity index (χ2n) is 10.6. The van der Waals surface area contributed by atoms with E-state index < -0.39 is 0 Å². The summed E-state index contributed by atoms with van der Waals surface area (Å²) in [6.45, 7) is 0. The van der Waals surface area contributed by atoms with Gasteiger partial charge in [-0.25, -0.2) is 0 Å². The molecule has 1 nitrogen and oxygen atoms in total. The summed E-state index contributed by atoms with van der Waals surface area (Å²) in [6, 6.07) is 46.7. The molecule has 0 saturated heterocycles. The Morgan fingerprint density at radius 2 is 0.805 bits per heavy atom. The molecule has 0 aliphatic rings. The number of para-hydroxylation sites is 1. The Balaban J connectivity index is 1.44. The average molecular weight is 523 g/mol. The summed E-state index contributed by atoms with van der Waals surface area (Å²) in [5.74, 6) is 0. The van der Waals surface area contributed by atoms with Crippen molar-refractivity contribution in [3.8, 4) is 22.3 Å². The maximum atomic E-state index is 8.99. The molecule has 0 fully saturated rings. The quantitative estimate of drug-likeness (QED) is 0.206. The van der Waals surface area contributed by atoms with Crippen molar-refractivity contribution >= 4 is 65.0 Å². The molecular formula is C40H24O. The standard InChI is InChI=1S/C40H24O/c1-5-15-29-25(11-1)23-26-12-2-6-16-30(26)37(29)33-19-10-22-36-39(33)35-21-9-20-34(40(35)41-36)38-31-17-7-3-13-27(31)24-28-14-4-8-18-32(28)38/h1-24H/i23D,24D. The topological polar surface area (TPSA) is 13.1 Å². The van der Waals surface area contributed by atoms with Crippen LogP contribution >= 0.6 is 0 Å². The van der Waals surface area contributed by atoms with Crippen LogP contribution in [0.2, 0.25) is 0 Å². The van der Waals surface area contributed by atoms with Crippen molar-refractivity contribution in [1.82, 2.24) is 0 Å². The highest BCUT2D eigenvalue weighted by Gasteiger charge is 2.20. The van der Waals surface area contributed by atoms with Gasteiger partial charge in [-0.2, -0.15) is 0 Å². The molecule has 0 aliphatic carbocycles. The Hall–Kier alpha value is -5.40. The van der Waals surface area contributed by atoms with Gasteiger partial charge in [-0.3, -0.25) is 0 Å². The third-order valence-corrected chi connectivity index (χ3v) is 8.39. The first-order valence-corrected chi connectivity index (χ1v) is 14.0. The lowest BCUT2D eigenvalue weighted by Gasteiger charge is -2.13. The molecule has 1 aromatic heterocycles. The summed E-state index contributed by atoms with van der Waals surface area (Å²) in [5.41, 5.74) is 5.98. The molecule has 1 heterocycles. The summed E-state index contributed by atoms with van der Waals surface area (Å²) in [6.07, 6.45) is 0. The van der Waals surface area contributed by atoms with Gasteiger partial charge in [0, 0.05) is 21.9 Å². The minimum absolute atomic E-state index is 0.547. The lowest BCUT2D eigenvalue weighted by molar-refractivity contribution is 0.670. The van der Waals surface area contributed by atoms with E-state index in [1.807, 2.05) is 60.7 Å². The molecule has 9 aromatic rings. The zero-order valence-electron chi connectivity index (χ0n) is 24.1. The Labute approximate surface area is 239 Å². The summed E-state index contributed by atoms with van der Waals surface area (Å²) in [4.78, 5) is 0. The maximum Gasteiger partial charge on any atom is 0.143 e. The molecule has 8 aromatic carbocycles. The molecule has 190 valence electrons. The summed E-state index contributed by atoms with van der Waals surface area (Å²) < 4.78 is 24.8. The van der Waals surface area contributed by atoms with Gasteiger partial charge in [-0.15, -0.1) is 0 Å². The van der Waals surface area contributed by atoms with Crippen LogP contribution in [-0.4, -0.2) is 0 Å². The molecule has 0 bridgehead atoms. The van der Waals surface area contributed by atoms with Crippen LogP contribution in [0.3, 0.4) is 0 Å². The van der Waals surface area contributed by atoms with Crippen LogP contribution in [0.15, 0.2) is 150 Å². The maximum absolute atomic E-state index is 8.99. The second kappa shape index (κ2) is 8.55. The van der Waals surface area contributed by atoms with Crippen molar-refractivity contribution in [1.29, 1.82) is 0 Å². The number of furan rings is 1. The van der Waals surface area contributed by atoms with Gasteiger partial charge in [0.15, 0.2) is 0 Å². The Kier molecular flexibility index (Phi) is 4.27. The Morgan fingerprint density at radius 1 is 0.390 bits per heavy atom. The molecule has 1 heteroatoms. The zero-order valence-corrected chi connectivity index (χ0v) is 22.1. The van der Waals surface area contributed by atoms with Crippen LogP contribution in [0.5, 0.6) is 0 Å². The third kappa shape index (κ3) is 3.24. The van der Waals surface area contributed by atoms with Crippen molar-refractivity contribution in [2.45, 2.75) is 0 Å². The van der Waals surface area contributed by atoms with Crippen LogP contribution in [0.1, 0.15) is 2.74 Å². The van der Waals surface area contributed by atoms with Crippen molar-refractivity contribution in [2.24, 2.45) is 0 Å². The van der Waals surface area contributed by atoms with E-state index in [1.165, 1.54) is 0 Å². The molecule has 0 radical (unpaired) electrons. The minimum atomic E-state index is 0.547. The van der Waals surface area contributed by atoms with Crippen LogP contribution in [0.25, 0.3) is 87.3 Å². The van der Waals surface area contributed by atoms with Gasteiger partial charge >= 0.3 is 0 Å². The Bertz CT molecular complexity index is 2480. The normalized spacial score (nSPS) is 12.6. The smallest absolute Gasteiger partial charge is 0.143 e. The summed E-state index contributed by atoms with van der Waals surface area (Å²) in [5, 5.41) is 10.1. The summed E-state index contributed by atoms with van der Waals surface area (Å²) >= 11 is 0. The fourth-order valence-electron chi connectivity index (χ4n) is 6.65. The highest BCUT2D eigenvalue weighted by atomic mass is 16.3. The average Bonchev–Trinajstić information content (AvgIpc) is 3.45. The van der Waals surface area contributed by atoms with Crippen LogP contribution < -0.4 is 0 Å². The van der Waals surface area contributed by atoms with E-state index in [-0.39, 0.29) is 0 Å². The van der Waals surface area contributed by atoms with E-state index in [9.17, 15) is 0 Å². The number of rotatable bonds is 2. The van der Waals surface area contributed by atoms with Crippen LogP contribution in [0, 0.1) is 0 Å². The van der Waals surface area contributed by atoms with E-state index in [0.717, 1.165) is 87.3 Å². The Morgan fingerprint density at radius 3 is 1.34 bits per heavy atom. The first-order valence-electron chi connectivity index (χ1n) is 15.0. The van der Waals surface area contributed by atoms with E-state index in [4.69, 9.17) is 7.16 Å². The van der Waals surface area contributed by atoms with Gasteiger partial charge in [-0.1, -0.05) is 127 Å². The predicted octanol–water partition coefficient (Wildman–Crippen LogP) is 11.5. The molecular weight excluding hydrogens is 496 g/mol. The van der Waals surface area contributed by atoms with Gasteiger partial charge < -0.3 is 4.42 Å². The number of hydrogen-bond acceptors (Lipinski definition) is 1. The molecule has 0 amide bonds. The first-order chi connectivity index (χ1) is 21.2. The molecule has 0 N–H and O–H groups in total. The highest BCUT2D eigenvalue weighted by Crippen LogP contribution is 2.46. The van der Waals surface area contributed by atoms with Crippen molar-refractivity contribution < 1.29 is 7.16 Å². The van der Waals surface area contributed by atoms with Gasteiger partial charge in [0.1, 0.15) is 11.2 Å². The number of benzene rings is 8. The third-order valence-electron chi connectivity index (χ3n) is 8.39. The molecule has 0 spiro atoms. The molecule has 0 aliphatic heterocycles. The van der Waals surface area contributed by atoms with E-state index in [0.29, 0.717) is 12.1 Å². The highest BCUT2D eigenvalue weighted by molar-refractivity contribution is 6.24. The fourth-order valence-corrected chi connectivity index (χ4v) is 6.65. The monoisotopic (exact) mass is 522 g/mol.